The molecule has 98 valence electrons. The van der Waals surface area contributed by atoms with Crippen LogP contribution in [0.15, 0.2) is 30.3 Å². The number of aromatic nitrogens is 2. The second-order valence-electron chi connectivity index (χ2n) is 4.09. The van der Waals surface area contributed by atoms with E-state index in [9.17, 15) is 9.59 Å². The zero-order valence-electron chi connectivity index (χ0n) is 10.5. The fourth-order valence-electron chi connectivity index (χ4n) is 1.64. The minimum atomic E-state index is -1.13. The Morgan fingerprint density at radius 1 is 1.26 bits per heavy atom. The smallest absolute Gasteiger partial charge is 0.354 e. The molecule has 6 heteroatoms. The number of carboxylic acid groups (broad SMARTS) is 1. The number of amides is 1. The first-order chi connectivity index (χ1) is 8.99. The van der Waals surface area contributed by atoms with Crippen molar-refractivity contribution in [1.82, 2.24) is 9.55 Å². The fraction of sp³-hybridized carbons (Fsp3) is 0.154. The summed E-state index contributed by atoms with van der Waals surface area (Å²) in [5.74, 6) is -1.25. The molecular weight excluding hydrogens is 246 g/mol. The van der Waals surface area contributed by atoms with Crippen molar-refractivity contribution in [2.24, 2.45) is 7.05 Å². The Labute approximate surface area is 109 Å². The molecule has 19 heavy (non-hydrogen) atoms. The highest BCUT2D eigenvalue weighted by atomic mass is 16.4. The van der Waals surface area contributed by atoms with E-state index in [1.54, 1.807) is 23.7 Å². The van der Waals surface area contributed by atoms with E-state index in [0.29, 0.717) is 5.69 Å². The highest BCUT2D eigenvalue weighted by Gasteiger charge is 2.12. The molecule has 0 unspecified atom stereocenters. The Kier molecular flexibility index (Phi) is 3.33. The third kappa shape index (κ3) is 2.62. The molecule has 2 N–H and O–H groups in total. The minimum Gasteiger partial charge on any atom is -0.477 e. The molecule has 1 amide bonds. The van der Waals surface area contributed by atoms with E-state index >= 15 is 0 Å². The number of nitrogens with one attached hydrogen (secondary N) is 1. The first kappa shape index (κ1) is 12.8. The van der Waals surface area contributed by atoms with Crippen LogP contribution in [0.4, 0.5) is 5.82 Å². The number of carboxylic acids is 1. The van der Waals surface area contributed by atoms with Gasteiger partial charge in [0.25, 0.3) is 5.91 Å². The number of carbonyl (C=O) groups excluding carboxylic acids is 1. The van der Waals surface area contributed by atoms with Gasteiger partial charge in [-0.25, -0.2) is 9.78 Å². The first-order valence-corrected chi connectivity index (χ1v) is 5.63. The molecule has 0 saturated carbocycles. The number of hydrogen-bond donors (Lipinski definition) is 2. The zero-order chi connectivity index (χ0) is 14.0. The van der Waals surface area contributed by atoms with Crippen LogP contribution in [0.1, 0.15) is 26.7 Å². The van der Waals surface area contributed by atoms with Crippen molar-refractivity contribution in [2.45, 2.75) is 6.92 Å². The Morgan fingerprint density at radius 2 is 2.00 bits per heavy atom. The van der Waals surface area contributed by atoms with Crippen molar-refractivity contribution >= 4 is 17.7 Å². The van der Waals surface area contributed by atoms with E-state index in [0.717, 1.165) is 5.69 Å². The van der Waals surface area contributed by atoms with Gasteiger partial charge in [-0.3, -0.25) is 4.79 Å². The van der Waals surface area contributed by atoms with Gasteiger partial charge >= 0.3 is 5.97 Å². The van der Waals surface area contributed by atoms with Crippen molar-refractivity contribution < 1.29 is 14.7 Å². The third-order valence-corrected chi connectivity index (χ3v) is 2.82. The standard InChI is InChI=1S/C13H13N3O3/c1-8-6-7-10(16(8)2)12(17)15-11-5-3-4-9(14-11)13(18)19/h3-7H,1-2H3,(H,18,19)(H,14,15,17). The number of nitrogens with zero attached hydrogens (tertiary/aromatic N) is 2. The predicted octanol–water partition coefficient (Wildman–Crippen LogP) is 1.68. The van der Waals surface area contributed by atoms with Gasteiger partial charge < -0.3 is 15.0 Å². The Hall–Kier alpha value is -2.63. The fourth-order valence-corrected chi connectivity index (χ4v) is 1.64. The number of hydrogen-bond acceptors (Lipinski definition) is 3. The van der Waals surface area contributed by atoms with Gasteiger partial charge in [0.1, 0.15) is 11.5 Å². The number of aryl methyl sites for hydroxylation is 1. The van der Waals surface area contributed by atoms with Gasteiger partial charge in [0.2, 0.25) is 0 Å². The molecule has 0 fully saturated rings. The topological polar surface area (TPSA) is 84.2 Å². The largest absolute Gasteiger partial charge is 0.477 e. The summed E-state index contributed by atoms with van der Waals surface area (Å²) >= 11 is 0. The van der Waals surface area contributed by atoms with E-state index < -0.39 is 5.97 Å². The summed E-state index contributed by atoms with van der Waals surface area (Å²) in [7, 11) is 1.78. The number of pyridine rings is 1. The molecule has 0 aliphatic rings. The lowest BCUT2D eigenvalue weighted by Crippen LogP contribution is -2.17. The molecule has 2 aromatic rings. The first-order valence-electron chi connectivity index (χ1n) is 5.63. The highest BCUT2D eigenvalue weighted by molar-refractivity contribution is 6.03. The average molecular weight is 259 g/mol. The SMILES string of the molecule is Cc1ccc(C(=O)Nc2cccc(C(=O)O)n2)n1C. The van der Waals surface area contributed by atoms with E-state index in [4.69, 9.17) is 5.11 Å². The van der Waals surface area contributed by atoms with Crippen LogP contribution in [0, 0.1) is 6.92 Å². The summed E-state index contributed by atoms with van der Waals surface area (Å²) in [5.41, 5.74) is 1.33. The van der Waals surface area contributed by atoms with Gasteiger partial charge in [0, 0.05) is 12.7 Å². The summed E-state index contributed by atoms with van der Waals surface area (Å²) in [6.07, 6.45) is 0. The van der Waals surface area contributed by atoms with Crippen LogP contribution in [0.3, 0.4) is 0 Å². The molecule has 6 nitrogen and oxygen atoms in total. The molecule has 0 aliphatic heterocycles. The van der Waals surface area contributed by atoms with Crippen LogP contribution in [-0.4, -0.2) is 26.5 Å². The Morgan fingerprint density at radius 3 is 2.58 bits per heavy atom. The van der Waals surface area contributed by atoms with E-state index in [1.165, 1.54) is 12.1 Å². The molecule has 2 aromatic heterocycles. The van der Waals surface area contributed by atoms with Crippen molar-refractivity contribution in [3.05, 3.63) is 47.4 Å². The molecule has 0 aliphatic carbocycles. The van der Waals surface area contributed by atoms with Crippen LogP contribution in [0.5, 0.6) is 0 Å². The monoisotopic (exact) mass is 259 g/mol. The van der Waals surface area contributed by atoms with E-state index in [-0.39, 0.29) is 17.4 Å². The van der Waals surface area contributed by atoms with Crippen LogP contribution < -0.4 is 5.32 Å². The third-order valence-electron chi connectivity index (χ3n) is 2.82. The molecule has 2 heterocycles. The summed E-state index contributed by atoms with van der Waals surface area (Å²) in [6.45, 7) is 1.89. The highest BCUT2D eigenvalue weighted by Crippen LogP contribution is 2.10. The van der Waals surface area contributed by atoms with Crippen molar-refractivity contribution in [1.29, 1.82) is 0 Å². The maximum absolute atomic E-state index is 12.0. The van der Waals surface area contributed by atoms with Gasteiger partial charge in [0.15, 0.2) is 5.69 Å². The van der Waals surface area contributed by atoms with E-state index in [2.05, 4.69) is 10.3 Å². The minimum absolute atomic E-state index is 0.110. The van der Waals surface area contributed by atoms with E-state index in [1.807, 2.05) is 13.0 Å². The predicted molar refractivity (Wildman–Crippen MR) is 69.3 cm³/mol. The molecule has 0 saturated heterocycles. The summed E-state index contributed by atoms with van der Waals surface area (Å²) in [6, 6.07) is 7.97. The Bertz CT molecular complexity index is 646. The number of anilines is 1. The van der Waals surface area contributed by atoms with Crippen LogP contribution in [-0.2, 0) is 7.05 Å². The molecule has 0 radical (unpaired) electrons. The van der Waals surface area contributed by atoms with Crippen molar-refractivity contribution in [3.63, 3.8) is 0 Å². The zero-order valence-corrected chi connectivity index (χ0v) is 10.5. The molecule has 0 aromatic carbocycles. The molecule has 0 spiro atoms. The summed E-state index contributed by atoms with van der Waals surface area (Å²) in [5, 5.41) is 11.4. The van der Waals surface area contributed by atoms with Crippen LogP contribution >= 0.6 is 0 Å². The van der Waals surface area contributed by atoms with Gasteiger partial charge in [-0.1, -0.05) is 6.07 Å². The molecule has 2 rings (SSSR count). The van der Waals surface area contributed by atoms with Gasteiger partial charge in [-0.05, 0) is 31.2 Å². The lowest BCUT2D eigenvalue weighted by atomic mass is 10.3. The molecule has 0 atom stereocenters. The lowest BCUT2D eigenvalue weighted by Gasteiger charge is -2.06. The van der Waals surface area contributed by atoms with Crippen LogP contribution in [0.25, 0.3) is 0 Å². The van der Waals surface area contributed by atoms with Crippen LogP contribution in [0.2, 0.25) is 0 Å². The maximum Gasteiger partial charge on any atom is 0.354 e. The quantitative estimate of drug-likeness (QED) is 0.878. The van der Waals surface area contributed by atoms with Gasteiger partial charge in [0.05, 0.1) is 0 Å². The maximum atomic E-state index is 12.0. The second kappa shape index (κ2) is 4.93. The molecule has 0 bridgehead atoms. The van der Waals surface area contributed by atoms with Gasteiger partial charge in [-0.15, -0.1) is 0 Å². The number of carbonyl (C=O) groups is 2. The normalized spacial score (nSPS) is 10.2. The number of aromatic carboxylic acids is 1. The average Bonchev–Trinajstić information content (AvgIpc) is 2.70. The lowest BCUT2D eigenvalue weighted by molar-refractivity contribution is 0.0690. The summed E-state index contributed by atoms with van der Waals surface area (Å²) < 4.78 is 1.75. The summed E-state index contributed by atoms with van der Waals surface area (Å²) in [4.78, 5) is 26.6. The Balaban J connectivity index is 2.22. The number of rotatable bonds is 3. The second-order valence-corrected chi connectivity index (χ2v) is 4.09. The van der Waals surface area contributed by atoms with Crippen molar-refractivity contribution in [3.8, 4) is 0 Å². The molecular formula is C13H13N3O3. The van der Waals surface area contributed by atoms with Crippen molar-refractivity contribution in [2.75, 3.05) is 5.32 Å². The van der Waals surface area contributed by atoms with Gasteiger partial charge in [-0.2, -0.15) is 0 Å².